The Kier molecular flexibility index (Phi) is 2.51. The van der Waals surface area contributed by atoms with E-state index in [1.807, 2.05) is 0 Å². The third-order valence-corrected chi connectivity index (χ3v) is 5.91. The van der Waals surface area contributed by atoms with Crippen LogP contribution in [0, 0.1) is 16.7 Å². The van der Waals surface area contributed by atoms with Crippen molar-refractivity contribution in [2.24, 2.45) is 16.7 Å². The molecule has 2 saturated carbocycles. The van der Waals surface area contributed by atoms with E-state index in [1.165, 1.54) is 6.42 Å². The summed E-state index contributed by atoms with van der Waals surface area (Å²) in [5.74, 6) is 0.437. The fourth-order valence-corrected chi connectivity index (χ4v) is 4.04. The summed E-state index contributed by atoms with van der Waals surface area (Å²) in [5.41, 5.74) is 0.526. The summed E-state index contributed by atoms with van der Waals surface area (Å²) in [5, 5.41) is 0. The van der Waals surface area contributed by atoms with Crippen molar-refractivity contribution in [3.8, 4) is 0 Å². The Labute approximate surface area is 104 Å². The average molecular weight is 236 g/mol. The smallest absolute Gasteiger partial charge is 0.333 e. The number of hydrogen-bond acceptors (Lipinski definition) is 2. The van der Waals surface area contributed by atoms with Gasteiger partial charge in [0.1, 0.15) is 5.60 Å². The first kappa shape index (κ1) is 12.7. The van der Waals surface area contributed by atoms with Gasteiger partial charge in [0.15, 0.2) is 0 Å². The Hall–Kier alpha value is -0.790. The van der Waals surface area contributed by atoms with Gasteiger partial charge in [0.2, 0.25) is 0 Å². The van der Waals surface area contributed by atoms with Gasteiger partial charge in [0, 0.05) is 11.0 Å². The monoisotopic (exact) mass is 236 g/mol. The molecular formula is C15H24O2. The largest absolute Gasteiger partial charge is 0.455 e. The standard InChI is InChI=1S/C15H24O2/c1-10(2)12(16)17-15(6)9-11-7-8-14(15,5)13(11,3)4/h11H,1,7-9H2,2-6H3. The highest BCUT2D eigenvalue weighted by molar-refractivity contribution is 5.87. The molecule has 0 aromatic heterocycles. The lowest BCUT2D eigenvalue weighted by molar-refractivity contribution is -0.170. The van der Waals surface area contributed by atoms with Gasteiger partial charge in [-0.15, -0.1) is 0 Å². The number of rotatable bonds is 2. The first-order valence-corrected chi connectivity index (χ1v) is 6.53. The molecule has 0 saturated heterocycles. The first-order chi connectivity index (χ1) is 7.64. The molecule has 2 aliphatic rings. The summed E-state index contributed by atoms with van der Waals surface area (Å²) in [4.78, 5) is 11.8. The van der Waals surface area contributed by atoms with E-state index in [1.54, 1.807) is 6.92 Å². The minimum absolute atomic E-state index is 0.0930. The summed E-state index contributed by atoms with van der Waals surface area (Å²) in [6, 6.07) is 0. The Morgan fingerprint density at radius 3 is 2.24 bits per heavy atom. The highest BCUT2D eigenvalue weighted by Crippen LogP contribution is 2.70. The molecule has 17 heavy (non-hydrogen) atoms. The second-order valence-electron chi connectivity index (χ2n) is 6.89. The number of carbonyl (C=O) groups excluding carboxylic acids is 1. The van der Waals surface area contributed by atoms with Gasteiger partial charge in [-0.3, -0.25) is 0 Å². The summed E-state index contributed by atoms with van der Waals surface area (Å²) >= 11 is 0. The molecule has 0 aromatic carbocycles. The van der Waals surface area contributed by atoms with Crippen molar-refractivity contribution in [2.75, 3.05) is 0 Å². The van der Waals surface area contributed by atoms with Crippen molar-refractivity contribution in [3.05, 3.63) is 12.2 Å². The predicted molar refractivity (Wildman–Crippen MR) is 68.5 cm³/mol. The second-order valence-corrected chi connectivity index (χ2v) is 6.89. The van der Waals surface area contributed by atoms with Crippen LogP contribution >= 0.6 is 0 Å². The van der Waals surface area contributed by atoms with Crippen LogP contribution < -0.4 is 0 Å². The topological polar surface area (TPSA) is 26.3 Å². The predicted octanol–water partition coefficient (Wildman–Crippen LogP) is 3.71. The molecule has 2 fully saturated rings. The Balaban J connectivity index is 2.30. The van der Waals surface area contributed by atoms with Crippen molar-refractivity contribution in [1.82, 2.24) is 0 Å². The molecule has 0 N–H and O–H groups in total. The van der Waals surface area contributed by atoms with E-state index in [9.17, 15) is 4.79 Å². The molecule has 2 rings (SSSR count). The second kappa shape index (κ2) is 3.37. The van der Waals surface area contributed by atoms with E-state index < -0.39 is 0 Å². The fraction of sp³-hybridized carbons (Fsp3) is 0.800. The van der Waals surface area contributed by atoms with E-state index in [-0.39, 0.29) is 22.4 Å². The molecule has 0 aromatic rings. The zero-order valence-electron chi connectivity index (χ0n) is 11.7. The maximum Gasteiger partial charge on any atom is 0.333 e. The Morgan fingerprint density at radius 1 is 1.29 bits per heavy atom. The average Bonchev–Trinajstić information content (AvgIpc) is 2.49. The fourth-order valence-electron chi connectivity index (χ4n) is 4.04. The molecule has 2 nitrogen and oxygen atoms in total. The van der Waals surface area contributed by atoms with Gasteiger partial charge < -0.3 is 4.74 Å². The first-order valence-electron chi connectivity index (χ1n) is 6.53. The van der Waals surface area contributed by atoms with Crippen LogP contribution in [0.3, 0.4) is 0 Å². The van der Waals surface area contributed by atoms with E-state index in [0.29, 0.717) is 11.5 Å². The van der Waals surface area contributed by atoms with Crippen molar-refractivity contribution in [1.29, 1.82) is 0 Å². The van der Waals surface area contributed by atoms with E-state index in [4.69, 9.17) is 4.74 Å². The number of hydrogen-bond donors (Lipinski definition) is 0. The van der Waals surface area contributed by atoms with Gasteiger partial charge in [-0.1, -0.05) is 27.4 Å². The molecular weight excluding hydrogens is 212 g/mol. The van der Waals surface area contributed by atoms with Crippen LogP contribution in [0.2, 0.25) is 0 Å². The summed E-state index contributed by atoms with van der Waals surface area (Å²) in [7, 11) is 0. The highest BCUT2D eigenvalue weighted by atomic mass is 16.6. The minimum atomic E-state index is -0.324. The lowest BCUT2D eigenvalue weighted by Gasteiger charge is -2.45. The molecule has 96 valence electrons. The van der Waals surface area contributed by atoms with Gasteiger partial charge >= 0.3 is 5.97 Å². The van der Waals surface area contributed by atoms with Crippen molar-refractivity contribution in [2.45, 2.75) is 59.5 Å². The van der Waals surface area contributed by atoms with Crippen molar-refractivity contribution in [3.63, 3.8) is 0 Å². The minimum Gasteiger partial charge on any atom is -0.455 e. The van der Waals surface area contributed by atoms with Gasteiger partial charge in [-0.05, 0) is 44.4 Å². The van der Waals surface area contributed by atoms with Crippen LogP contribution in [0.25, 0.3) is 0 Å². The number of ether oxygens (including phenoxy) is 1. The molecule has 2 heteroatoms. The molecule has 3 unspecified atom stereocenters. The van der Waals surface area contributed by atoms with Crippen LogP contribution in [0.1, 0.15) is 53.9 Å². The lowest BCUT2D eigenvalue weighted by Crippen LogP contribution is -2.48. The number of fused-ring (bicyclic) bond motifs is 2. The molecule has 3 atom stereocenters. The Morgan fingerprint density at radius 2 is 1.88 bits per heavy atom. The molecule has 0 spiro atoms. The molecule has 0 amide bonds. The third kappa shape index (κ3) is 1.42. The quantitative estimate of drug-likeness (QED) is 0.539. The maximum absolute atomic E-state index is 11.8. The molecule has 2 bridgehead atoms. The van der Waals surface area contributed by atoms with Gasteiger partial charge in [0.25, 0.3) is 0 Å². The van der Waals surface area contributed by atoms with Crippen molar-refractivity contribution < 1.29 is 9.53 Å². The summed E-state index contributed by atoms with van der Waals surface area (Å²) in [6.45, 7) is 14.4. The van der Waals surface area contributed by atoms with Crippen LogP contribution in [-0.2, 0) is 9.53 Å². The maximum atomic E-state index is 11.8. The highest BCUT2D eigenvalue weighted by Gasteiger charge is 2.68. The molecule has 0 radical (unpaired) electrons. The van der Waals surface area contributed by atoms with Gasteiger partial charge in [0.05, 0.1) is 0 Å². The zero-order chi connectivity index (χ0) is 13.1. The number of esters is 1. The van der Waals surface area contributed by atoms with Gasteiger partial charge in [-0.25, -0.2) is 4.79 Å². The molecule has 0 aliphatic heterocycles. The molecule has 0 heterocycles. The SMILES string of the molecule is C=C(C)C(=O)OC1(C)CC2CCC1(C)C2(C)C. The Bertz CT molecular complexity index is 382. The zero-order valence-corrected chi connectivity index (χ0v) is 11.7. The van der Waals surface area contributed by atoms with Crippen LogP contribution in [0.5, 0.6) is 0 Å². The van der Waals surface area contributed by atoms with E-state index in [0.717, 1.165) is 12.8 Å². The molecule has 2 aliphatic carbocycles. The third-order valence-electron chi connectivity index (χ3n) is 5.91. The van der Waals surface area contributed by atoms with Gasteiger partial charge in [-0.2, -0.15) is 0 Å². The van der Waals surface area contributed by atoms with E-state index in [2.05, 4.69) is 34.3 Å². The number of carbonyl (C=O) groups is 1. The summed E-state index contributed by atoms with van der Waals surface area (Å²) in [6.07, 6.45) is 3.42. The summed E-state index contributed by atoms with van der Waals surface area (Å²) < 4.78 is 5.79. The lowest BCUT2D eigenvalue weighted by atomic mass is 9.65. The van der Waals surface area contributed by atoms with Crippen LogP contribution in [-0.4, -0.2) is 11.6 Å². The van der Waals surface area contributed by atoms with Crippen molar-refractivity contribution >= 4 is 5.97 Å². The van der Waals surface area contributed by atoms with Crippen LogP contribution in [0.15, 0.2) is 12.2 Å². The van der Waals surface area contributed by atoms with Crippen LogP contribution in [0.4, 0.5) is 0 Å². The normalized spacial score (nSPS) is 42.5. The van der Waals surface area contributed by atoms with E-state index >= 15 is 0 Å².